The Bertz CT molecular complexity index is 1470. The number of carbonyl (C=O) groups excluding carboxylic acids is 4. The van der Waals surface area contributed by atoms with Crippen LogP contribution in [0, 0.1) is 6.92 Å². The summed E-state index contributed by atoms with van der Waals surface area (Å²) in [6, 6.07) is 15.2. The van der Waals surface area contributed by atoms with Crippen molar-refractivity contribution in [2.75, 3.05) is 23.9 Å². The van der Waals surface area contributed by atoms with Gasteiger partial charge < -0.3 is 14.8 Å². The maximum absolute atomic E-state index is 13.2. The van der Waals surface area contributed by atoms with Gasteiger partial charge in [0.1, 0.15) is 5.57 Å². The van der Waals surface area contributed by atoms with Crippen molar-refractivity contribution in [3.8, 4) is 11.5 Å². The highest BCUT2D eigenvalue weighted by atomic mass is 35.5. The number of halogens is 2. The second-order valence-electron chi connectivity index (χ2n) is 8.10. The molecule has 11 heteroatoms. The molecule has 0 spiro atoms. The summed E-state index contributed by atoms with van der Waals surface area (Å²) in [5, 5.41) is 5.78. The molecule has 1 aliphatic heterocycles. The van der Waals surface area contributed by atoms with Crippen LogP contribution in [0.1, 0.15) is 11.1 Å². The van der Waals surface area contributed by atoms with Gasteiger partial charge in [-0.25, -0.2) is 9.69 Å². The second kappa shape index (κ2) is 11.4. The van der Waals surface area contributed by atoms with Gasteiger partial charge in [0, 0.05) is 15.7 Å². The van der Waals surface area contributed by atoms with E-state index < -0.39 is 23.8 Å². The molecule has 3 aromatic carbocycles. The molecule has 0 atom stereocenters. The minimum absolute atomic E-state index is 0.261. The Balaban J connectivity index is 1.53. The minimum atomic E-state index is -0.874. The summed E-state index contributed by atoms with van der Waals surface area (Å²) in [6.45, 7) is 1.37. The number of methoxy groups -OCH3 is 1. The van der Waals surface area contributed by atoms with Gasteiger partial charge in [0.15, 0.2) is 18.1 Å². The molecule has 9 nitrogen and oxygen atoms in total. The quantitative estimate of drug-likeness (QED) is 0.314. The second-order valence-corrected chi connectivity index (χ2v) is 8.94. The molecule has 0 aromatic heterocycles. The van der Waals surface area contributed by atoms with Gasteiger partial charge in [-0.05, 0) is 72.7 Å². The standard InChI is InChI=1S/C27H21Cl2N3O6/c1-15-20(29)4-3-5-21(15)32-26(35)19(25(34)31-27(32)36)12-16-6-11-22(23(13-16)37-2)38-14-24(33)30-18-9-7-17(28)8-10-18/h3-13H,14H2,1-2H3,(H,30,33)(H,31,34,36)/b19-12+. The van der Waals surface area contributed by atoms with E-state index in [0.29, 0.717) is 26.9 Å². The SMILES string of the molecule is COc1cc(/C=C2\C(=O)NC(=O)N(c3cccc(Cl)c3C)C2=O)ccc1OCC(=O)Nc1ccc(Cl)cc1. The number of imide groups is 2. The van der Waals surface area contributed by atoms with Crippen LogP contribution in [0.15, 0.2) is 66.2 Å². The highest BCUT2D eigenvalue weighted by molar-refractivity contribution is 6.40. The zero-order valence-corrected chi connectivity index (χ0v) is 21.7. The Hall–Kier alpha value is -4.34. The van der Waals surface area contributed by atoms with Crippen LogP contribution in [0.2, 0.25) is 10.0 Å². The van der Waals surface area contributed by atoms with Crippen molar-refractivity contribution in [2.24, 2.45) is 0 Å². The normalized spacial score (nSPS) is 14.4. The number of benzene rings is 3. The third kappa shape index (κ3) is 5.80. The average molecular weight is 554 g/mol. The van der Waals surface area contributed by atoms with Crippen LogP contribution in [-0.2, 0) is 14.4 Å². The fraction of sp³-hybridized carbons (Fsp3) is 0.111. The van der Waals surface area contributed by atoms with E-state index in [1.54, 1.807) is 55.5 Å². The number of carbonyl (C=O) groups is 4. The van der Waals surface area contributed by atoms with Crippen LogP contribution in [0.4, 0.5) is 16.2 Å². The maximum Gasteiger partial charge on any atom is 0.335 e. The number of anilines is 2. The monoisotopic (exact) mass is 553 g/mol. The lowest BCUT2D eigenvalue weighted by Gasteiger charge is -2.27. The van der Waals surface area contributed by atoms with Gasteiger partial charge in [-0.1, -0.05) is 35.3 Å². The Kier molecular flexibility index (Phi) is 7.99. The van der Waals surface area contributed by atoms with E-state index in [2.05, 4.69) is 10.6 Å². The molecule has 1 aliphatic rings. The van der Waals surface area contributed by atoms with Crippen molar-refractivity contribution in [1.82, 2.24) is 5.32 Å². The maximum atomic E-state index is 13.2. The van der Waals surface area contributed by atoms with Crippen molar-refractivity contribution < 1.29 is 28.7 Å². The van der Waals surface area contributed by atoms with E-state index in [-0.39, 0.29) is 29.4 Å². The van der Waals surface area contributed by atoms with Crippen molar-refractivity contribution in [2.45, 2.75) is 6.92 Å². The lowest BCUT2D eigenvalue weighted by molar-refractivity contribution is -0.122. The molecular weight excluding hydrogens is 533 g/mol. The number of hydrogen-bond donors (Lipinski definition) is 2. The predicted molar refractivity (Wildman–Crippen MR) is 144 cm³/mol. The fourth-order valence-corrected chi connectivity index (χ4v) is 3.94. The number of ether oxygens (including phenoxy) is 2. The Morgan fingerprint density at radius 1 is 1.03 bits per heavy atom. The minimum Gasteiger partial charge on any atom is -0.493 e. The van der Waals surface area contributed by atoms with Gasteiger partial charge in [-0.2, -0.15) is 0 Å². The summed E-state index contributed by atoms with van der Waals surface area (Å²) in [5.74, 6) is -1.50. The Labute approximate surface area is 227 Å². The van der Waals surface area contributed by atoms with Crippen molar-refractivity contribution >= 4 is 64.4 Å². The van der Waals surface area contributed by atoms with Crippen LogP contribution in [0.3, 0.4) is 0 Å². The average Bonchev–Trinajstić information content (AvgIpc) is 2.89. The zero-order chi connectivity index (χ0) is 27.4. The van der Waals surface area contributed by atoms with Gasteiger partial charge in [-0.15, -0.1) is 0 Å². The molecule has 194 valence electrons. The lowest BCUT2D eigenvalue weighted by Crippen LogP contribution is -2.54. The summed E-state index contributed by atoms with van der Waals surface area (Å²) >= 11 is 12.0. The summed E-state index contributed by atoms with van der Waals surface area (Å²) < 4.78 is 11.0. The number of rotatable bonds is 7. The first-order valence-electron chi connectivity index (χ1n) is 11.2. The van der Waals surface area contributed by atoms with E-state index in [0.717, 1.165) is 4.90 Å². The van der Waals surface area contributed by atoms with E-state index in [9.17, 15) is 19.2 Å². The molecular formula is C27H21Cl2N3O6. The van der Waals surface area contributed by atoms with Gasteiger partial charge >= 0.3 is 6.03 Å². The molecule has 1 heterocycles. The van der Waals surface area contributed by atoms with E-state index in [1.807, 2.05) is 0 Å². The highest BCUT2D eigenvalue weighted by Crippen LogP contribution is 2.32. The zero-order valence-electron chi connectivity index (χ0n) is 20.2. The summed E-state index contributed by atoms with van der Waals surface area (Å²) in [7, 11) is 1.41. The number of amides is 5. The lowest BCUT2D eigenvalue weighted by atomic mass is 10.1. The van der Waals surface area contributed by atoms with Crippen LogP contribution in [0.25, 0.3) is 6.08 Å². The molecule has 2 N–H and O–H groups in total. The number of urea groups is 1. The third-order valence-corrected chi connectivity index (χ3v) is 6.23. The largest absolute Gasteiger partial charge is 0.493 e. The predicted octanol–water partition coefficient (Wildman–Crippen LogP) is 4.99. The number of barbiturate groups is 1. The summed E-state index contributed by atoms with van der Waals surface area (Å²) in [4.78, 5) is 51.4. The number of nitrogens with one attached hydrogen (secondary N) is 2. The van der Waals surface area contributed by atoms with Crippen LogP contribution < -0.4 is 25.0 Å². The third-order valence-electron chi connectivity index (χ3n) is 5.57. The summed E-state index contributed by atoms with van der Waals surface area (Å²) in [6.07, 6.45) is 1.33. The van der Waals surface area contributed by atoms with Gasteiger partial charge in [0.25, 0.3) is 17.7 Å². The molecule has 0 radical (unpaired) electrons. The Morgan fingerprint density at radius 2 is 1.76 bits per heavy atom. The molecule has 5 amide bonds. The van der Waals surface area contributed by atoms with E-state index in [4.69, 9.17) is 32.7 Å². The molecule has 0 bridgehead atoms. The first-order valence-corrected chi connectivity index (χ1v) is 12.0. The molecule has 0 unspecified atom stereocenters. The first-order chi connectivity index (χ1) is 18.2. The summed E-state index contributed by atoms with van der Waals surface area (Å²) in [5.41, 5.74) is 1.50. The Morgan fingerprint density at radius 3 is 2.47 bits per heavy atom. The van der Waals surface area contributed by atoms with Crippen molar-refractivity contribution in [3.05, 3.63) is 87.4 Å². The van der Waals surface area contributed by atoms with Crippen LogP contribution >= 0.6 is 23.2 Å². The topological polar surface area (TPSA) is 114 Å². The smallest absolute Gasteiger partial charge is 0.335 e. The molecule has 0 aliphatic carbocycles. The van der Waals surface area contributed by atoms with Crippen LogP contribution in [0.5, 0.6) is 11.5 Å². The molecule has 1 saturated heterocycles. The van der Waals surface area contributed by atoms with Crippen LogP contribution in [-0.4, -0.2) is 37.5 Å². The van der Waals surface area contributed by atoms with E-state index in [1.165, 1.54) is 25.3 Å². The van der Waals surface area contributed by atoms with Crippen molar-refractivity contribution in [3.63, 3.8) is 0 Å². The van der Waals surface area contributed by atoms with E-state index >= 15 is 0 Å². The molecule has 0 saturated carbocycles. The number of hydrogen-bond acceptors (Lipinski definition) is 6. The van der Waals surface area contributed by atoms with Gasteiger partial charge in [0.05, 0.1) is 12.8 Å². The highest BCUT2D eigenvalue weighted by Gasteiger charge is 2.37. The van der Waals surface area contributed by atoms with Gasteiger partial charge in [-0.3, -0.25) is 19.7 Å². The molecule has 1 fully saturated rings. The fourth-order valence-electron chi connectivity index (χ4n) is 3.65. The molecule has 3 aromatic rings. The van der Waals surface area contributed by atoms with Gasteiger partial charge in [0.2, 0.25) is 0 Å². The molecule has 38 heavy (non-hydrogen) atoms. The number of nitrogens with zero attached hydrogens (tertiary/aromatic N) is 1. The molecule has 4 rings (SSSR count). The first kappa shape index (κ1) is 26.7. The van der Waals surface area contributed by atoms with Crippen molar-refractivity contribution in [1.29, 1.82) is 0 Å².